The number of nitrogens with zero attached hydrogens (tertiary/aromatic N) is 1. The third kappa shape index (κ3) is 3.80. The number of carbonyl (C=O) groups excluding carboxylic acids is 1. The molecule has 0 bridgehead atoms. The van der Waals surface area contributed by atoms with Crippen LogP contribution in [0.15, 0.2) is 42.5 Å². The molecule has 2 rings (SSSR count). The van der Waals surface area contributed by atoms with E-state index in [4.69, 9.17) is 14.7 Å². The van der Waals surface area contributed by atoms with Crippen molar-refractivity contribution in [3.05, 3.63) is 59.4 Å². The van der Waals surface area contributed by atoms with Gasteiger partial charge in [-0.05, 0) is 36.4 Å². The second-order valence-corrected chi connectivity index (χ2v) is 4.23. The van der Waals surface area contributed by atoms with E-state index >= 15 is 0 Å². The van der Waals surface area contributed by atoms with Crippen LogP contribution >= 0.6 is 0 Å². The van der Waals surface area contributed by atoms with Crippen molar-refractivity contribution in [1.29, 1.82) is 5.26 Å². The molecule has 0 amide bonds. The van der Waals surface area contributed by atoms with Gasteiger partial charge in [0.25, 0.3) is 0 Å². The Morgan fingerprint density at radius 1 is 1.19 bits per heavy atom. The van der Waals surface area contributed by atoms with Crippen molar-refractivity contribution in [2.24, 2.45) is 0 Å². The summed E-state index contributed by atoms with van der Waals surface area (Å²) in [5, 5.41) is 8.90. The van der Waals surface area contributed by atoms with Crippen molar-refractivity contribution >= 4 is 5.78 Å². The zero-order valence-corrected chi connectivity index (χ0v) is 11.3. The Hall–Kier alpha value is -2.87. The standard InChI is InChI=1S/C16H12FNO3/c1-20-14-6-11(9-18)7-15(8-14)21-10-16(19)12-2-4-13(17)5-3-12/h2-8H,10H2,1H3. The van der Waals surface area contributed by atoms with Crippen LogP contribution in [0.4, 0.5) is 4.39 Å². The summed E-state index contributed by atoms with van der Waals surface area (Å²) in [7, 11) is 1.48. The van der Waals surface area contributed by atoms with Gasteiger partial charge in [0.2, 0.25) is 0 Å². The fourth-order valence-corrected chi connectivity index (χ4v) is 1.71. The maximum Gasteiger partial charge on any atom is 0.200 e. The Morgan fingerprint density at radius 3 is 2.48 bits per heavy atom. The molecule has 0 saturated heterocycles. The number of nitriles is 1. The normalized spacial score (nSPS) is 9.76. The van der Waals surface area contributed by atoms with Crippen LogP contribution in [0.1, 0.15) is 15.9 Å². The molecule has 0 aliphatic carbocycles. The number of hydrogen-bond acceptors (Lipinski definition) is 4. The molecule has 0 unspecified atom stereocenters. The number of hydrogen-bond donors (Lipinski definition) is 0. The molecule has 0 heterocycles. The van der Waals surface area contributed by atoms with Crippen LogP contribution in [0, 0.1) is 17.1 Å². The first-order valence-corrected chi connectivity index (χ1v) is 6.13. The fourth-order valence-electron chi connectivity index (χ4n) is 1.71. The van der Waals surface area contributed by atoms with E-state index in [9.17, 15) is 9.18 Å². The molecular formula is C16H12FNO3. The first-order valence-electron chi connectivity index (χ1n) is 6.13. The lowest BCUT2D eigenvalue weighted by molar-refractivity contribution is 0.0921. The highest BCUT2D eigenvalue weighted by atomic mass is 19.1. The smallest absolute Gasteiger partial charge is 0.200 e. The average Bonchev–Trinajstić information content (AvgIpc) is 2.52. The Labute approximate surface area is 121 Å². The van der Waals surface area contributed by atoms with Gasteiger partial charge >= 0.3 is 0 Å². The highest BCUT2D eigenvalue weighted by Gasteiger charge is 2.08. The lowest BCUT2D eigenvalue weighted by Gasteiger charge is -2.08. The molecule has 0 radical (unpaired) electrons. The molecule has 0 atom stereocenters. The molecule has 2 aromatic rings. The third-order valence-electron chi connectivity index (χ3n) is 2.78. The number of benzene rings is 2. The number of carbonyl (C=O) groups is 1. The summed E-state index contributed by atoms with van der Waals surface area (Å²) < 4.78 is 23.2. The van der Waals surface area contributed by atoms with E-state index in [1.807, 2.05) is 6.07 Å². The maximum absolute atomic E-state index is 12.8. The second kappa shape index (κ2) is 6.53. The lowest BCUT2D eigenvalue weighted by Crippen LogP contribution is -2.11. The number of rotatable bonds is 5. The molecule has 21 heavy (non-hydrogen) atoms. The van der Waals surface area contributed by atoms with Crippen molar-refractivity contribution < 1.29 is 18.7 Å². The number of halogens is 1. The van der Waals surface area contributed by atoms with Gasteiger partial charge < -0.3 is 9.47 Å². The Bertz CT molecular complexity index is 690. The Balaban J connectivity index is 2.07. The molecule has 0 aromatic heterocycles. The van der Waals surface area contributed by atoms with Crippen LogP contribution in [0.5, 0.6) is 11.5 Å². The van der Waals surface area contributed by atoms with Crippen LogP contribution in [0.3, 0.4) is 0 Å². The van der Waals surface area contributed by atoms with Gasteiger partial charge in [0.1, 0.15) is 17.3 Å². The third-order valence-corrected chi connectivity index (χ3v) is 2.78. The van der Waals surface area contributed by atoms with Gasteiger partial charge in [-0.25, -0.2) is 4.39 Å². The molecule has 0 spiro atoms. The summed E-state index contributed by atoms with van der Waals surface area (Å²) in [6.45, 7) is -0.205. The van der Waals surface area contributed by atoms with Crippen LogP contribution < -0.4 is 9.47 Å². The highest BCUT2D eigenvalue weighted by Crippen LogP contribution is 2.22. The van der Waals surface area contributed by atoms with Crippen LogP contribution in [-0.2, 0) is 0 Å². The summed E-state index contributed by atoms with van der Waals surface area (Å²) in [6, 6.07) is 11.9. The number of ketones is 1. The molecular weight excluding hydrogens is 273 g/mol. The average molecular weight is 285 g/mol. The van der Waals surface area contributed by atoms with E-state index in [0.29, 0.717) is 22.6 Å². The van der Waals surface area contributed by atoms with Crippen molar-refractivity contribution in [3.8, 4) is 17.6 Å². The highest BCUT2D eigenvalue weighted by molar-refractivity contribution is 5.97. The van der Waals surface area contributed by atoms with E-state index in [1.54, 1.807) is 12.1 Å². The minimum absolute atomic E-state index is 0.205. The quantitative estimate of drug-likeness (QED) is 0.792. The van der Waals surface area contributed by atoms with Gasteiger partial charge in [-0.2, -0.15) is 5.26 Å². The van der Waals surface area contributed by atoms with E-state index in [-0.39, 0.29) is 12.4 Å². The molecule has 0 N–H and O–H groups in total. The van der Waals surface area contributed by atoms with Crippen LogP contribution in [-0.4, -0.2) is 19.5 Å². The monoisotopic (exact) mass is 285 g/mol. The van der Waals surface area contributed by atoms with E-state index in [2.05, 4.69) is 0 Å². The van der Waals surface area contributed by atoms with Gasteiger partial charge in [0.15, 0.2) is 12.4 Å². The summed E-state index contributed by atoms with van der Waals surface area (Å²) in [5.41, 5.74) is 0.735. The van der Waals surface area contributed by atoms with Crippen LogP contribution in [0.2, 0.25) is 0 Å². The zero-order chi connectivity index (χ0) is 15.2. The first kappa shape index (κ1) is 14.5. The summed E-state index contributed by atoms with van der Waals surface area (Å²) >= 11 is 0. The van der Waals surface area contributed by atoms with E-state index < -0.39 is 5.82 Å². The van der Waals surface area contributed by atoms with Gasteiger partial charge in [0, 0.05) is 11.6 Å². The first-order chi connectivity index (χ1) is 10.1. The van der Waals surface area contributed by atoms with Gasteiger partial charge in [-0.1, -0.05) is 0 Å². The van der Waals surface area contributed by atoms with Gasteiger partial charge in [-0.3, -0.25) is 4.79 Å². The number of ether oxygens (including phenoxy) is 2. The summed E-state index contributed by atoms with van der Waals surface area (Å²) in [5.74, 6) is 0.148. The SMILES string of the molecule is COc1cc(C#N)cc(OCC(=O)c2ccc(F)cc2)c1. The topological polar surface area (TPSA) is 59.3 Å². The minimum atomic E-state index is -0.404. The molecule has 0 aliphatic rings. The predicted molar refractivity (Wildman–Crippen MR) is 73.9 cm³/mol. The van der Waals surface area contributed by atoms with E-state index in [1.165, 1.54) is 37.4 Å². The molecule has 5 heteroatoms. The molecule has 4 nitrogen and oxygen atoms in total. The Kier molecular flexibility index (Phi) is 4.52. The van der Waals surface area contributed by atoms with Crippen molar-refractivity contribution in [2.45, 2.75) is 0 Å². The Morgan fingerprint density at radius 2 is 1.86 bits per heavy atom. The summed E-state index contributed by atoms with van der Waals surface area (Å²) in [6.07, 6.45) is 0. The molecule has 0 saturated carbocycles. The molecule has 0 aliphatic heterocycles. The maximum atomic E-state index is 12.8. The molecule has 2 aromatic carbocycles. The predicted octanol–water partition coefficient (Wildman–Crippen LogP) is 2.97. The molecule has 106 valence electrons. The van der Waals surface area contributed by atoms with Gasteiger partial charge in [-0.15, -0.1) is 0 Å². The van der Waals surface area contributed by atoms with Crippen LogP contribution in [0.25, 0.3) is 0 Å². The molecule has 0 fully saturated rings. The van der Waals surface area contributed by atoms with E-state index in [0.717, 1.165) is 0 Å². The largest absolute Gasteiger partial charge is 0.497 e. The second-order valence-electron chi connectivity index (χ2n) is 4.23. The van der Waals surface area contributed by atoms with Crippen molar-refractivity contribution in [3.63, 3.8) is 0 Å². The summed E-state index contributed by atoms with van der Waals surface area (Å²) in [4.78, 5) is 11.9. The zero-order valence-electron chi connectivity index (χ0n) is 11.3. The van der Waals surface area contributed by atoms with Gasteiger partial charge in [0.05, 0.1) is 18.7 Å². The lowest BCUT2D eigenvalue weighted by atomic mass is 10.1. The number of methoxy groups -OCH3 is 1. The fraction of sp³-hybridized carbons (Fsp3) is 0.125. The number of Topliss-reactive ketones (excluding diaryl/α,β-unsaturated/α-hetero) is 1. The minimum Gasteiger partial charge on any atom is -0.497 e. The van der Waals surface area contributed by atoms with Crippen molar-refractivity contribution in [1.82, 2.24) is 0 Å². The van der Waals surface area contributed by atoms with Crippen molar-refractivity contribution in [2.75, 3.05) is 13.7 Å².